The number of nitrogens with zero attached hydrogens (tertiary/aromatic N) is 1. The Morgan fingerprint density at radius 1 is 1.00 bits per heavy atom. The van der Waals surface area contributed by atoms with Crippen LogP contribution in [-0.4, -0.2) is 38.8 Å². The van der Waals surface area contributed by atoms with Crippen LogP contribution in [-0.2, 0) is 26.1 Å². The third kappa shape index (κ3) is 6.63. The van der Waals surface area contributed by atoms with E-state index in [-0.39, 0.29) is 17.0 Å². The maximum Gasteiger partial charge on any atom is 0.338 e. The van der Waals surface area contributed by atoms with E-state index in [1.54, 1.807) is 36.4 Å². The second kappa shape index (κ2) is 10.3. The SMILES string of the molecule is Cc1ccc(NS(=O)(=O)c2ccc(C(=O)OCC(=O)N(C)Cc3cccc(F)c3)cc2)cc1. The Bertz CT molecular complexity index is 1240. The highest BCUT2D eigenvalue weighted by molar-refractivity contribution is 7.92. The molecular weight excluding hydrogens is 447 g/mol. The molecule has 3 aromatic carbocycles. The van der Waals surface area contributed by atoms with Gasteiger partial charge in [-0.15, -0.1) is 0 Å². The fraction of sp³-hybridized carbons (Fsp3) is 0.167. The van der Waals surface area contributed by atoms with E-state index in [1.165, 1.54) is 48.3 Å². The van der Waals surface area contributed by atoms with Gasteiger partial charge in [0.25, 0.3) is 15.9 Å². The molecule has 0 saturated heterocycles. The first-order valence-corrected chi connectivity index (χ1v) is 11.5. The number of rotatable bonds is 8. The molecule has 7 nitrogen and oxygen atoms in total. The number of likely N-dealkylation sites (N-methyl/N-ethyl adjacent to an activating group) is 1. The predicted octanol–water partition coefficient (Wildman–Crippen LogP) is 3.75. The quantitative estimate of drug-likeness (QED) is 0.506. The lowest BCUT2D eigenvalue weighted by Gasteiger charge is -2.17. The molecule has 0 unspecified atom stereocenters. The molecule has 0 aliphatic heterocycles. The fourth-order valence-corrected chi connectivity index (χ4v) is 3.98. The molecule has 0 aromatic heterocycles. The first-order valence-electron chi connectivity index (χ1n) is 9.99. The highest BCUT2D eigenvalue weighted by atomic mass is 32.2. The number of hydrogen-bond acceptors (Lipinski definition) is 5. The van der Waals surface area contributed by atoms with Crippen molar-refractivity contribution in [1.29, 1.82) is 0 Å². The van der Waals surface area contributed by atoms with Gasteiger partial charge in [-0.25, -0.2) is 17.6 Å². The Morgan fingerprint density at radius 3 is 2.30 bits per heavy atom. The standard InChI is InChI=1S/C24H23FN2O5S/c1-17-6-10-21(11-7-17)26-33(30,31)22-12-8-19(9-13-22)24(29)32-16-23(28)27(2)15-18-4-3-5-20(25)14-18/h3-14,26H,15-16H2,1-2H3. The van der Waals surface area contributed by atoms with Crippen LogP contribution in [0.4, 0.5) is 10.1 Å². The summed E-state index contributed by atoms with van der Waals surface area (Å²) in [5.74, 6) is -1.63. The zero-order chi connectivity index (χ0) is 24.0. The van der Waals surface area contributed by atoms with E-state index >= 15 is 0 Å². The van der Waals surface area contributed by atoms with Gasteiger partial charge >= 0.3 is 5.97 Å². The van der Waals surface area contributed by atoms with Crippen molar-refractivity contribution in [2.75, 3.05) is 18.4 Å². The zero-order valence-corrected chi connectivity index (χ0v) is 18.9. The van der Waals surface area contributed by atoms with E-state index in [0.29, 0.717) is 11.3 Å². The van der Waals surface area contributed by atoms with Gasteiger partial charge in [-0.1, -0.05) is 29.8 Å². The Kier molecular flexibility index (Phi) is 7.44. The summed E-state index contributed by atoms with van der Waals surface area (Å²) < 4.78 is 45.8. The Balaban J connectivity index is 1.56. The molecule has 1 N–H and O–H groups in total. The summed E-state index contributed by atoms with van der Waals surface area (Å²) >= 11 is 0. The molecule has 1 amide bonds. The van der Waals surface area contributed by atoms with Crippen molar-refractivity contribution in [3.63, 3.8) is 0 Å². The maximum absolute atomic E-state index is 13.3. The predicted molar refractivity (Wildman–Crippen MR) is 122 cm³/mol. The first-order chi connectivity index (χ1) is 15.6. The lowest BCUT2D eigenvalue weighted by atomic mass is 10.2. The Labute approximate surface area is 191 Å². The third-order valence-electron chi connectivity index (χ3n) is 4.77. The molecule has 33 heavy (non-hydrogen) atoms. The number of nitrogens with one attached hydrogen (secondary N) is 1. The van der Waals surface area contributed by atoms with Crippen molar-refractivity contribution in [2.24, 2.45) is 0 Å². The van der Waals surface area contributed by atoms with Crippen LogP contribution in [0.5, 0.6) is 0 Å². The van der Waals surface area contributed by atoms with Crippen molar-refractivity contribution in [2.45, 2.75) is 18.4 Å². The second-order valence-corrected chi connectivity index (χ2v) is 9.13. The lowest BCUT2D eigenvalue weighted by Crippen LogP contribution is -2.30. The van der Waals surface area contributed by atoms with Crippen molar-refractivity contribution >= 4 is 27.6 Å². The highest BCUT2D eigenvalue weighted by Crippen LogP contribution is 2.17. The summed E-state index contributed by atoms with van der Waals surface area (Å²) in [4.78, 5) is 25.8. The van der Waals surface area contributed by atoms with Gasteiger partial charge in [-0.3, -0.25) is 9.52 Å². The molecule has 0 saturated carbocycles. The van der Waals surface area contributed by atoms with Crippen LogP contribution in [0.15, 0.2) is 77.7 Å². The van der Waals surface area contributed by atoms with Crippen LogP contribution in [0.1, 0.15) is 21.5 Å². The average molecular weight is 471 g/mol. The molecule has 0 radical (unpaired) electrons. The van der Waals surface area contributed by atoms with E-state index in [2.05, 4.69) is 4.72 Å². The van der Waals surface area contributed by atoms with Crippen LogP contribution in [0.25, 0.3) is 0 Å². The van der Waals surface area contributed by atoms with Gasteiger partial charge in [0.1, 0.15) is 5.82 Å². The molecule has 0 fully saturated rings. The summed E-state index contributed by atoms with van der Waals surface area (Å²) in [5.41, 5.74) is 2.13. The van der Waals surface area contributed by atoms with Crippen LogP contribution in [0.2, 0.25) is 0 Å². The highest BCUT2D eigenvalue weighted by Gasteiger charge is 2.17. The van der Waals surface area contributed by atoms with Gasteiger partial charge in [0.05, 0.1) is 10.5 Å². The minimum atomic E-state index is -3.83. The second-order valence-electron chi connectivity index (χ2n) is 7.45. The topological polar surface area (TPSA) is 92.8 Å². The normalized spacial score (nSPS) is 11.0. The number of esters is 1. The molecule has 0 bridgehead atoms. The molecule has 172 valence electrons. The number of ether oxygens (including phenoxy) is 1. The smallest absolute Gasteiger partial charge is 0.338 e. The molecule has 0 aliphatic rings. The van der Waals surface area contributed by atoms with Crippen molar-refractivity contribution in [3.05, 3.63) is 95.3 Å². The van der Waals surface area contributed by atoms with Gasteiger partial charge < -0.3 is 9.64 Å². The third-order valence-corrected chi connectivity index (χ3v) is 6.16. The largest absolute Gasteiger partial charge is 0.452 e. The van der Waals surface area contributed by atoms with E-state index < -0.39 is 34.3 Å². The van der Waals surface area contributed by atoms with Crippen molar-refractivity contribution < 1.29 is 27.1 Å². The molecule has 0 aliphatic carbocycles. The molecule has 0 atom stereocenters. The van der Waals surface area contributed by atoms with Gasteiger partial charge in [0.15, 0.2) is 6.61 Å². The average Bonchev–Trinajstić information content (AvgIpc) is 2.78. The molecule has 3 aromatic rings. The van der Waals surface area contributed by atoms with Gasteiger partial charge in [0, 0.05) is 19.3 Å². The van der Waals surface area contributed by atoms with Crippen LogP contribution >= 0.6 is 0 Å². The van der Waals surface area contributed by atoms with E-state index in [4.69, 9.17) is 4.74 Å². The molecule has 0 heterocycles. The molecule has 0 spiro atoms. The molecular formula is C24H23FN2O5S. The van der Waals surface area contributed by atoms with E-state index in [9.17, 15) is 22.4 Å². The number of carbonyl (C=O) groups excluding carboxylic acids is 2. The van der Waals surface area contributed by atoms with E-state index in [0.717, 1.165) is 5.56 Å². The van der Waals surface area contributed by atoms with Crippen molar-refractivity contribution in [3.8, 4) is 0 Å². The van der Waals surface area contributed by atoms with Crippen LogP contribution < -0.4 is 4.72 Å². The van der Waals surface area contributed by atoms with Crippen LogP contribution in [0.3, 0.4) is 0 Å². The Hall–Kier alpha value is -3.72. The number of carbonyl (C=O) groups is 2. The summed E-state index contributed by atoms with van der Waals surface area (Å²) in [6.07, 6.45) is 0. The number of amides is 1. The summed E-state index contributed by atoms with van der Waals surface area (Å²) in [5, 5.41) is 0. The maximum atomic E-state index is 13.3. The summed E-state index contributed by atoms with van der Waals surface area (Å²) in [6, 6.07) is 17.9. The molecule has 9 heteroatoms. The van der Waals surface area contributed by atoms with Gasteiger partial charge in [-0.2, -0.15) is 0 Å². The number of hydrogen-bond donors (Lipinski definition) is 1. The monoisotopic (exact) mass is 470 g/mol. The number of halogens is 1. The summed E-state index contributed by atoms with van der Waals surface area (Å²) in [6.45, 7) is 1.56. The summed E-state index contributed by atoms with van der Waals surface area (Å²) in [7, 11) is -2.31. The first kappa shape index (κ1) is 23.9. The molecule has 3 rings (SSSR count). The Morgan fingerprint density at radius 2 is 1.67 bits per heavy atom. The van der Waals surface area contributed by atoms with Crippen LogP contribution in [0, 0.1) is 12.7 Å². The lowest BCUT2D eigenvalue weighted by molar-refractivity contribution is -0.133. The number of aryl methyl sites for hydroxylation is 1. The number of sulfonamides is 1. The van der Waals surface area contributed by atoms with Gasteiger partial charge in [0.2, 0.25) is 0 Å². The zero-order valence-electron chi connectivity index (χ0n) is 18.1. The van der Waals surface area contributed by atoms with Gasteiger partial charge in [-0.05, 0) is 61.0 Å². The number of anilines is 1. The minimum Gasteiger partial charge on any atom is -0.452 e. The van der Waals surface area contributed by atoms with E-state index in [1.807, 2.05) is 6.92 Å². The minimum absolute atomic E-state index is 0.0227. The van der Waals surface area contributed by atoms with Crippen molar-refractivity contribution in [1.82, 2.24) is 4.90 Å². The number of benzene rings is 3. The fourth-order valence-electron chi connectivity index (χ4n) is 2.92.